The van der Waals surface area contributed by atoms with Gasteiger partial charge in [0.25, 0.3) is 0 Å². The van der Waals surface area contributed by atoms with E-state index in [1.54, 1.807) is 19.2 Å². The van der Waals surface area contributed by atoms with Gasteiger partial charge in [-0.2, -0.15) is 0 Å². The molecule has 0 atom stereocenters. The number of ether oxygens (including phenoxy) is 3. The maximum atomic E-state index is 11.3. The molecule has 0 radical (unpaired) electrons. The van der Waals surface area contributed by atoms with Crippen LogP contribution in [0.25, 0.3) is 0 Å². The number of rotatable bonds is 7. The summed E-state index contributed by atoms with van der Waals surface area (Å²) in [5.41, 5.74) is 0.565. The summed E-state index contributed by atoms with van der Waals surface area (Å²) in [5, 5.41) is 2.57. The number of carbonyl (C=O) groups excluding carboxylic acids is 1. The number of pyridine rings is 1. The highest BCUT2D eigenvalue weighted by atomic mass is 16.5. The van der Waals surface area contributed by atoms with Gasteiger partial charge in [-0.1, -0.05) is 6.92 Å². The van der Waals surface area contributed by atoms with Crippen LogP contribution in [0, 0.1) is 0 Å². The molecule has 0 fully saturated rings. The van der Waals surface area contributed by atoms with Gasteiger partial charge in [-0.3, -0.25) is 5.32 Å². The fourth-order valence-electron chi connectivity index (χ4n) is 1.12. The SMILES string of the molecule is CCCOC(=O)Nc1ccc(OCCOC)nc1. The first-order valence-electron chi connectivity index (χ1n) is 5.77. The number of aromatic nitrogens is 1. The van der Waals surface area contributed by atoms with Crippen LogP contribution in [-0.4, -0.2) is 38.0 Å². The van der Waals surface area contributed by atoms with Crippen LogP contribution in [0.15, 0.2) is 18.3 Å². The number of methoxy groups -OCH3 is 1. The van der Waals surface area contributed by atoms with Gasteiger partial charge in [-0.15, -0.1) is 0 Å². The Labute approximate surface area is 106 Å². The van der Waals surface area contributed by atoms with E-state index < -0.39 is 6.09 Å². The summed E-state index contributed by atoms with van der Waals surface area (Å²) in [5.74, 6) is 0.486. The lowest BCUT2D eigenvalue weighted by Gasteiger charge is -2.07. The van der Waals surface area contributed by atoms with Crippen molar-refractivity contribution >= 4 is 11.8 Å². The summed E-state index contributed by atoms with van der Waals surface area (Å²) in [6, 6.07) is 3.37. The van der Waals surface area contributed by atoms with Crippen molar-refractivity contribution < 1.29 is 19.0 Å². The molecule has 6 nitrogen and oxygen atoms in total. The van der Waals surface area contributed by atoms with Crippen molar-refractivity contribution in [2.24, 2.45) is 0 Å². The average molecular weight is 254 g/mol. The van der Waals surface area contributed by atoms with Gasteiger partial charge >= 0.3 is 6.09 Å². The van der Waals surface area contributed by atoms with Crippen LogP contribution >= 0.6 is 0 Å². The smallest absolute Gasteiger partial charge is 0.411 e. The number of hydrogen-bond donors (Lipinski definition) is 1. The number of anilines is 1. The van der Waals surface area contributed by atoms with Gasteiger partial charge in [0.05, 0.1) is 25.1 Å². The van der Waals surface area contributed by atoms with Crippen molar-refractivity contribution in [3.05, 3.63) is 18.3 Å². The number of carbonyl (C=O) groups is 1. The predicted octanol–water partition coefficient (Wildman–Crippen LogP) is 2.07. The molecule has 0 spiro atoms. The zero-order valence-electron chi connectivity index (χ0n) is 10.6. The normalized spacial score (nSPS) is 9.89. The first-order chi connectivity index (χ1) is 8.76. The highest BCUT2D eigenvalue weighted by Crippen LogP contribution is 2.11. The largest absolute Gasteiger partial charge is 0.475 e. The van der Waals surface area contributed by atoms with Crippen LogP contribution in [0.4, 0.5) is 10.5 Å². The molecule has 0 saturated carbocycles. The van der Waals surface area contributed by atoms with Gasteiger partial charge in [0, 0.05) is 13.2 Å². The van der Waals surface area contributed by atoms with E-state index in [0.717, 1.165) is 6.42 Å². The molecule has 100 valence electrons. The molecule has 6 heteroatoms. The Balaban J connectivity index is 2.37. The third-order valence-corrected chi connectivity index (χ3v) is 1.96. The number of hydrogen-bond acceptors (Lipinski definition) is 5. The van der Waals surface area contributed by atoms with Gasteiger partial charge in [-0.05, 0) is 12.5 Å². The molecule has 1 aromatic heterocycles. The highest BCUT2D eigenvalue weighted by molar-refractivity contribution is 5.84. The Bertz CT molecular complexity index is 354. The molecule has 0 aromatic carbocycles. The quantitative estimate of drug-likeness (QED) is 0.754. The second-order valence-corrected chi connectivity index (χ2v) is 3.49. The zero-order valence-corrected chi connectivity index (χ0v) is 10.6. The molecule has 0 aliphatic rings. The summed E-state index contributed by atoms with van der Waals surface area (Å²) >= 11 is 0. The third-order valence-electron chi connectivity index (χ3n) is 1.96. The fourth-order valence-corrected chi connectivity index (χ4v) is 1.12. The van der Waals surface area contributed by atoms with Gasteiger partial charge in [0.2, 0.25) is 5.88 Å². The van der Waals surface area contributed by atoms with Crippen molar-refractivity contribution in [1.29, 1.82) is 0 Å². The standard InChI is InChI=1S/C12H18N2O4/c1-3-6-18-12(15)14-10-4-5-11(13-9-10)17-8-7-16-2/h4-5,9H,3,6-8H2,1-2H3,(H,14,15). The van der Waals surface area contributed by atoms with Crippen LogP contribution in [-0.2, 0) is 9.47 Å². The molecule has 1 heterocycles. The zero-order chi connectivity index (χ0) is 13.2. The Morgan fingerprint density at radius 3 is 2.78 bits per heavy atom. The molecule has 1 rings (SSSR count). The monoisotopic (exact) mass is 254 g/mol. The maximum absolute atomic E-state index is 11.3. The van der Waals surface area contributed by atoms with Crippen LogP contribution in [0.3, 0.4) is 0 Å². The maximum Gasteiger partial charge on any atom is 0.411 e. The first kappa shape index (κ1) is 14.2. The Hall–Kier alpha value is -1.82. The van der Waals surface area contributed by atoms with E-state index >= 15 is 0 Å². The summed E-state index contributed by atoms with van der Waals surface area (Å²) in [6.45, 7) is 3.28. The molecular formula is C12H18N2O4. The van der Waals surface area contributed by atoms with E-state index in [0.29, 0.717) is 31.4 Å². The number of nitrogens with zero attached hydrogens (tertiary/aromatic N) is 1. The molecule has 0 unspecified atom stereocenters. The van der Waals surface area contributed by atoms with Crippen LogP contribution in [0.5, 0.6) is 5.88 Å². The average Bonchev–Trinajstić information content (AvgIpc) is 2.39. The van der Waals surface area contributed by atoms with Gasteiger partial charge in [0.1, 0.15) is 6.61 Å². The molecule has 0 aliphatic heterocycles. The van der Waals surface area contributed by atoms with Crippen molar-refractivity contribution in [2.45, 2.75) is 13.3 Å². The summed E-state index contributed by atoms with van der Waals surface area (Å²) < 4.78 is 15.0. The number of nitrogens with one attached hydrogen (secondary N) is 1. The Morgan fingerprint density at radius 2 is 2.17 bits per heavy atom. The fraction of sp³-hybridized carbons (Fsp3) is 0.500. The van der Waals surface area contributed by atoms with Crippen molar-refractivity contribution in [3.63, 3.8) is 0 Å². The van der Waals surface area contributed by atoms with Gasteiger partial charge in [-0.25, -0.2) is 9.78 Å². The summed E-state index contributed by atoms with van der Waals surface area (Å²) in [4.78, 5) is 15.3. The molecule has 0 saturated heterocycles. The lowest BCUT2D eigenvalue weighted by Crippen LogP contribution is -2.14. The minimum Gasteiger partial charge on any atom is -0.475 e. The minimum atomic E-state index is -0.480. The molecular weight excluding hydrogens is 236 g/mol. The van der Waals surface area contributed by atoms with Gasteiger partial charge < -0.3 is 14.2 Å². The van der Waals surface area contributed by atoms with Crippen molar-refractivity contribution in [3.8, 4) is 5.88 Å². The van der Waals surface area contributed by atoms with Crippen LogP contribution < -0.4 is 10.1 Å². The third kappa shape index (κ3) is 5.49. The molecule has 0 aliphatic carbocycles. The lowest BCUT2D eigenvalue weighted by atomic mass is 10.4. The van der Waals surface area contributed by atoms with E-state index in [9.17, 15) is 4.79 Å². The highest BCUT2D eigenvalue weighted by Gasteiger charge is 2.03. The van der Waals surface area contributed by atoms with E-state index in [2.05, 4.69) is 10.3 Å². The molecule has 1 aromatic rings. The lowest BCUT2D eigenvalue weighted by molar-refractivity contribution is 0.144. The topological polar surface area (TPSA) is 69.7 Å². The van der Waals surface area contributed by atoms with E-state index in [1.807, 2.05) is 6.92 Å². The Morgan fingerprint density at radius 1 is 1.33 bits per heavy atom. The molecule has 18 heavy (non-hydrogen) atoms. The molecule has 1 amide bonds. The van der Waals surface area contributed by atoms with Crippen molar-refractivity contribution in [2.75, 3.05) is 32.2 Å². The van der Waals surface area contributed by atoms with E-state index in [4.69, 9.17) is 14.2 Å². The van der Waals surface area contributed by atoms with Gasteiger partial charge in [0.15, 0.2) is 0 Å². The van der Waals surface area contributed by atoms with Crippen LogP contribution in [0.2, 0.25) is 0 Å². The molecule has 1 N–H and O–H groups in total. The molecule has 0 bridgehead atoms. The van der Waals surface area contributed by atoms with Crippen LogP contribution in [0.1, 0.15) is 13.3 Å². The Kier molecular flexibility index (Phi) is 6.56. The second-order valence-electron chi connectivity index (χ2n) is 3.49. The summed E-state index contributed by atoms with van der Waals surface area (Å²) in [7, 11) is 1.60. The minimum absolute atomic E-state index is 0.400. The first-order valence-corrected chi connectivity index (χ1v) is 5.77. The number of amides is 1. The summed E-state index contributed by atoms with van der Waals surface area (Å²) in [6.07, 6.45) is 1.82. The predicted molar refractivity (Wildman–Crippen MR) is 66.9 cm³/mol. The van der Waals surface area contributed by atoms with E-state index in [1.165, 1.54) is 6.20 Å². The van der Waals surface area contributed by atoms with Crippen molar-refractivity contribution in [1.82, 2.24) is 4.98 Å². The van der Waals surface area contributed by atoms with E-state index in [-0.39, 0.29) is 0 Å². The second kappa shape index (κ2) is 8.30.